The number of carbonyl (C=O) groups is 2. The van der Waals surface area contributed by atoms with Gasteiger partial charge in [0.05, 0.1) is 29.5 Å². The van der Waals surface area contributed by atoms with Crippen LogP contribution in [0, 0.1) is 5.82 Å². The molecule has 0 saturated heterocycles. The zero-order chi connectivity index (χ0) is 24.8. The third kappa shape index (κ3) is 5.85. The van der Waals surface area contributed by atoms with E-state index in [0.717, 1.165) is 23.8 Å². The molecular formula is C23H19Cl2FN2O5S. The normalized spacial score (nSPS) is 11.3. The molecule has 2 aromatic carbocycles. The van der Waals surface area contributed by atoms with Crippen LogP contribution in [0.1, 0.15) is 29.3 Å². The van der Waals surface area contributed by atoms with Crippen molar-refractivity contribution < 1.29 is 28.6 Å². The molecule has 0 atom stereocenters. The van der Waals surface area contributed by atoms with Crippen molar-refractivity contribution in [1.82, 2.24) is 4.98 Å². The molecule has 1 amide bonds. The molecule has 34 heavy (non-hydrogen) atoms. The van der Waals surface area contributed by atoms with Crippen LogP contribution in [0.15, 0.2) is 41.5 Å². The molecule has 1 heterocycles. The van der Waals surface area contributed by atoms with E-state index in [1.54, 1.807) is 23.6 Å². The van der Waals surface area contributed by atoms with Gasteiger partial charge in [-0.3, -0.25) is 10.1 Å². The van der Waals surface area contributed by atoms with E-state index in [9.17, 15) is 14.0 Å². The lowest BCUT2D eigenvalue weighted by Gasteiger charge is -2.09. The average Bonchev–Trinajstić information content (AvgIpc) is 3.25. The summed E-state index contributed by atoms with van der Waals surface area (Å²) in [4.78, 5) is 28.2. The van der Waals surface area contributed by atoms with Crippen molar-refractivity contribution in [2.45, 2.75) is 13.3 Å². The van der Waals surface area contributed by atoms with Gasteiger partial charge in [0.15, 0.2) is 16.7 Å². The molecule has 1 aromatic heterocycles. The number of carbonyl (C=O) groups excluding carboxylic acids is 1. The number of hydrogen-bond donors (Lipinski definition) is 2. The summed E-state index contributed by atoms with van der Waals surface area (Å²) < 4.78 is 25.0. The van der Waals surface area contributed by atoms with Crippen LogP contribution in [0.5, 0.6) is 5.75 Å². The summed E-state index contributed by atoms with van der Waals surface area (Å²) in [6, 6.07) is 7.47. The summed E-state index contributed by atoms with van der Waals surface area (Å²) in [6.45, 7) is 2.32. The number of methoxy groups -OCH3 is 1. The van der Waals surface area contributed by atoms with Crippen molar-refractivity contribution in [1.29, 1.82) is 0 Å². The molecular weight excluding hydrogens is 506 g/mol. The predicted octanol–water partition coefficient (Wildman–Crippen LogP) is 6.37. The Bertz CT molecular complexity index is 1240. The third-order valence-corrected chi connectivity index (χ3v) is 5.86. The van der Waals surface area contributed by atoms with Crippen LogP contribution in [0.3, 0.4) is 0 Å². The summed E-state index contributed by atoms with van der Waals surface area (Å²) in [5.74, 6) is -2.61. The minimum atomic E-state index is -1.30. The van der Waals surface area contributed by atoms with Crippen molar-refractivity contribution in [3.8, 4) is 17.0 Å². The van der Waals surface area contributed by atoms with Crippen LogP contribution in [-0.2, 0) is 9.53 Å². The van der Waals surface area contributed by atoms with Gasteiger partial charge in [-0.25, -0.2) is 14.2 Å². The Labute approximate surface area is 208 Å². The lowest BCUT2D eigenvalue weighted by Crippen LogP contribution is -2.12. The number of aliphatic carboxylic acids is 1. The third-order valence-electron chi connectivity index (χ3n) is 4.47. The van der Waals surface area contributed by atoms with Gasteiger partial charge in [-0.2, -0.15) is 0 Å². The van der Waals surface area contributed by atoms with Gasteiger partial charge in [0.25, 0.3) is 5.91 Å². The molecule has 0 spiro atoms. The predicted molar refractivity (Wildman–Crippen MR) is 130 cm³/mol. The number of ether oxygens (including phenoxy) is 2. The number of rotatable bonds is 9. The van der Waals surface area contributed by atoms with E-state index in [1.807, 2.05) is 6.92 Å². The van der Waals surface area contributed by atoms with Crippen LogP contribution >= 0.6 is 34.5 Å². The number of aromatic nitrogens is 1. The first kappa shape index (κ1) is 25.5. The molecule has 2 N–H and O–H groups in total. The molecule has 0 aliphatic heterocycles. The minimum Gasteiger partial charge on any atom is -0.491 e. The number of halogens is 3. The lowest BCUT2D eigenvalue weighted by atomic mass is 10.1. The maximum atomic E-state index is 14.8. The highest BCUT2D eigenvalue weighted by Gasteiger charge is 2.18. The number of hydrogen-bond acceptors (Lipinski definition) is 6. The van der Waals surface area contributed by atoms with Crippen molar-refractivity contribution in [3.05, 3.63) is 68.5 Å². The molecule has 178 valence electrons. The molecule has 0 aliphatic rings. The van der Waals surface area contributed by atoms with E-state index in [-0.39, 0.29) is 43.4 Å². The molecule has 0 radical (unpaired) electrons. The van der Waals surface area contributed by atoms with Crippen LogP contribution in [-0.4, -0.2) is 35.7 Å². The van der Waals surface area contributed by atoms with E-state index >= 15 is 0 Å². The Balaban J connectivity index is 1.81. The van der Waals surface area contributed by atoms with E-state index in [2.05, 4.69) is 10.3 Å². The Morgan fingerprint density at radius 2 is 1.97 bits per heavy atom. The molecule has 0 bridgehead atoms. The van der Waals surface area contributed by atoms with Gasteiger partial charge in [0, 0.05) is 22.1 Å². The SMILES string of the molecule is CCCOc1cccc(-c2csc(NC(=O)c3cc(Cl)c(/C=C(\OC)C(=O)O)c(Cl)c3)n2)c1F. The Kier molecular flexibility index (Phi) is 8.49. The Morgan fingerprint density at radius 1 is 1.26 bits per heavy atom. The van der Waals surface area contributed by atoms with Crippen molar-refractivity contribution in [2.24, 2.45) is 0 Å². The summed E-state index contributed by atoms with van der Waals surface area (Å²) in [7, 11) is 1.20. The van der Waals surface area contributed by atoms with E-state index in [4.69, 9.17) is 37.8 Å². The van der Waals surface area contributed by atoms with Crippen molar-refractivity contribution in [3.63, 3.8) is 0 Å². The first-order chi connectivity index (χ1) is 16.2. The molecule has 0 saturated carbocycles. The second-order valence-electron chi connectivity index (χ2n) is 6.83. The number of nitrogens with one attached hydrogen (secondary N) is 1. The zero-order valence-electron chi connectivity index (χ0n) is 18.0. The number of amides is 1. The van der Waals surface area contributed by atoms with Gasteiger partial charge in [-0.05, 0) is 36.8 Å². The van der Waals surface area contributed by atoms with E-state index in [1.165, 1.54) is 19.2 Å². The highest BCUT2D eigenvalue weighted by molar-refractivity contribution is 7.14. The molecule has 3 aromatic rings. The number of benzene rings is 2. The second kappa shape index (κ2) is 11.3. The van der Waals surface area contributed by atoms with Gasteiger partial charge < -0.3 is 14.6 Å². The summed E-state index contributed by atoms with van der Waals surface area (Å²) in [5.41, 5.74) is 0.910. The molecule has 0 unspecified atom stereocenters. The summed E-state index contributed by atoms with van der Waals surface area (Å²) >= 11 is 13.6. The molecule has 3 rings (SSSR count). The van der Waals surface area contributed by atoms with E-state index in [0.29, 0.717) is 12.3 Å². The second-order valence-corrected chi connectivity index (χ2v) is 8.50. The fraction of sp³-hybridized carbons (Fsp3) is 0.174. The average molecular weight is 525 g/mol. The van der Waals surface area contributed by atoms with Gasteiger partial charge >= 0.3 is 5.97 Å². The fourth-order valence-corrected chi connectivity index (χ4v) is 4.15. The minimum absolute atomic E-state index is 0.0549. The van der Waals surface area contributed by atoms with E-state index < -0.39 is 17.7 Å². The van der Waals surface area contributed by atoms with Crippen LogP contribution in [0.4, 0.5) is 9.52 Å². The smallest absolute Gasteiger partial charge is 0.371 e. The number of nitrogens with zero attached hydrogens (tertiary/aromatic N) is 1. The highest BCUT2D eigenvalue weighted by atomic mass is 35.5. The molecule has 7 nitrogen and oxygen atoms in total. The molecule has 0 fully saturated rings. The van der Waals surface area contributed by atoms with Crippen LogP contribution in [0.2, 0.25) is 10.0 Å². The van der Waals surface area contributed by atoms with Crippen LogP contribution in [0.25, 0.3) is 17.3 Å². The van der Waals surface area contributed by atoms with Gasteiger partial charge in [0.2, 0.25) is 5.76 Å². The Hall–Kier alpha value is -3.14. The fourth-order valence-electron chi connectivity index (χ4n) is 2.85. The number of anilines is 1. The monoisotopic (exact) mass is 524 g/mol. The summed E-state index contributed by atoms with van der Waals surface area (Å²) in [6.07, 6.45) is 1.91. The quantitative estimate of drug-likeness (QED) is 0.249. The summed E-state index contributed by atoms with van der Waals surface area (Å²) in [5, 5.41) is 13.7. The number of carboxylic acids is 1. The standard InChI is InChI=1S/C23H19Cl2FN2O5S/c1-3-7-33-18-6-4-5-13(20(18)26)17-11-34-23(27-17)28-21(29)12-8-15(24)14(16(25)9-12)10-19(32-2)22(30)31/h4-6,8-11H,3,7H2,1-2H3,(H,30,31)(H,27,28,29)/b19-10-. The van der Waals surface area contributed by atoms with Crippen LogP contribution < -0.4 is 10.1 Å². The molecule has 11 heteroatoms. The van der Waals surface area contributed by atoms with Crippen molar-refractivity contribution >= 4 is 57.6 Å². The maximum absolute atomic E-state index is 14.8. The van der Waals surface area contributed by atoms with Gasteiger partial charge in [-0.15, -0.1) is 11.3 Å². The van der Waals surface area contributed by atoms with Gasteiger partial charge in [0.1, 0.15) is 0 Å². The topological polar surface area (TPSA) is 97.8 Å². The van der Waals surface area contributed by atoms with Gasteiger partial charge in [-0.1, -0.05) is 36.2 Å². The Morgan fingerprint density at radius 3 is 2.59 bits per heavy atom. The number of carboxylic acid groups (broad SMARTS) is 1. The number of thiazole rings is 1. The maximum Gasteiger partial charge on any atom is 0.371 e. The molecule has 0 aliphatic carbocycles. The zero-order valence-corrected chi connectivity index (χ0v) is 20.4. The largest absolute Gasteiger partial charge is 0.491 e. The highest BCUT2D eigenvalue weighted by Crippen LogP contribution is 2.33. The van der Waals surface area contributed by atoms with Crippen molar-refractivity contribution in [2.75, 3.05) is 19.0 Å². The first-order valence-corrected chi connectivity index (χ1v) is 11.5. The lowest BCUT2D eigenvalue weighted by molar-refractivity contribution is -0.135. The first-order valence-electron chi connectivity index (χ1n) is 9.91.